The standard InChI is InChI=1S/C13H26NO7P/c1-12(2,3)20-9(15)6-7-14-11(16)10-13(4,5)8-19-22(17,18)21-10/h10,17-18,22H,6-8H2,1-5H3,(H,14,16)/t10-/m0/s1. The molecule has 0 bridgehead atoms. The van der Waals surface area contributed by atoms with Crippen molar-refractivity contribution in [3.63, 3.8) is 0 Å². The van der Waals surface area contributed by atoms with Crippen molar-refractivity contribution >= 4 is 20.0 Å². The van der Waals surface area contributed by atoms with Crippen molar-refractivity contribution < 1.29 is 33.2 Å². The topological polar surface area (TPSA) is 114 Å². The van der Waals surface area contributed by atoms with Crippen LogP contribution in [-0.4, -0.2) is 46.5 Å². The average molecular weight is 339 g/mol. The molecule has 1 heterocycles. The van der Waals surface area contributed by atoms with Crippen LogP contribution in [0, 0.1) is 5.41 Å². The van der Waals surface area contributed by atoms with E-state index in [0.29, 0.717) is 0 Å². The van der Waals surface area contributed by atoms with E-state index in [9.17, 15) is 19.4 Å². The Kier molecular flexibility index (Phi) is 5.92. The van der Waals surface area contributed by atoms with E-state index in [4.69, 9.17) is 13.8 Å². The first-order chi connectivity index (χ1) is 9.82. The van der Waals surface area contributed by atoms with Gasteiger partial charge >= 0.3 is 130 Å². The molecule has 22 heavy (non-hydrogen) atoms. The van der Waals surface area contributed by atoms with Gasteiger partial charge in [-0.15, -0.1) is 0 Å². The molecule has 1 fully saturated rings. The molecule has 1 aliphatic rings. The number of hydrogen-bond donors (Lipinski definition) is 3. The van der Waals surface area contributed by atoms with Crippen LogP contribution in [0.5, 0.6) is 0 Å². The monoisotopic (exact) mass is 339 g/mol. The number of hydrogen-bond acceptors (Lipinski definition) is 7. The summed E-state index contributed by atoms with van der Waals surface area (Å²) in [5, 5.41) is 2.54. The van der Waals surface area contributed by atoms with E-state index in [1.807, 2.05) is 0 Å². The van der Waals surface area contributed by atoms with Crippen LogP contribution in [0.25, 0.3) is 0 Å². The molecule has 0 spiro atoms. The number of rotatable bonds is 4. The molecule has 1 aliphatic heterocycles. The number of carbonyl (C=O) groups excluding carboxylic acids is 2. The molecule has 1 rings (SSSR count). The normalized spacial score (nSPS) is 25.1. The fourth-order valence-corrected chi connectivity index (χ4v) is 3.25. The van der Waals surface area contributed by atoms with Gasteiger partial charge in [0.2, 0.25) is 0 Å². The molecule has 0 aromatic heterocycles. The molecular formula is C13H26NO7P. The summed E-state index contributed by atoms with van der Waals surface area (Å²) in [6.45, 7) is 8.79. The van der Waals surface area contributed by atoms with Gasteiger partial charge in [0.15, 0.2) is 0 Å². The Hall–Kier alpha value is -0.790. The second-order valence-electron chi connectivity index (χ2n) is 6.95. The van der Waals surface area contributed by atoms with E-state index < -0.39 is 37.2 Å². The van der Waals surface area contributed by atoms with E-state index in [0.717, 1.165) is 0 Å². The summed E-state index contributed by atoms with van der Waals surface area (Å²) in [7, 11) is -4.25. The predicted octanol–water partition coefficient (Wildman–Crippen LogP) is 0.670. The van der Waals surface area contributed by atoms with Crippen LogP contribution in [0.4, 0.5) is 0 Å². The van der Waals surface area contributed by atoms with E-state index in [1.54, 1.807) is 34.6 Å². The summed E-state index contributed by atoms with van der Waals surface area (Å²) in [6.07, 6.45) is -1.03. The molecule has 1 atom stereocenters. The van der Waals surface area contributed by atoms with Crippen molar-refractivity contribution in [2.24, 2.45) is 5.41 Å². The SMILES string of the molecule is CC(C)(C)OC(=O)CCNC(=O)[C@@H]1O[PH](O)(O)OCC1(C)C. The fraction of sp³-hybridized carbons (Fsp3) is 0.846. The van der Waals surface area contributed by atoms with Gasteiger partial charge in [0.25, 0.3) is 0 Å². The zero-order valence-electron chi connectivity index (χ0n) is 13.6. The molecule has 130 valence electrons. The fourth-order valence-electron chi connectivity index (χ4n) is 1.88. The Morgan fingerprint density at radius 2 is 1.95 bits per heavy atom. The van der Waals surface area contributed by atoms with Gasteiger partial charge in [0.05, 0.1) is 0 Å². The zero-order chi connectivity index (χ0) is 17.2. The maximum absolute atomic E-state index is 12.1. The molecule has 0 aliphatic carbocycles. The summed E-state index contributed by atoms with van der Waals surface area (Å²) in [4.78, 5) is 42.6. The van der Waals surface area contributed by atoms with Gasteiger partial charge in [0.1, 0.15) is 0 Å². The van der Waals surface area contributed by atoms with Gasteiger partial charge in [-0.25, -0.2) is 0 Å². The van der Waals surface area contributed by atoms with Gasteiger partial charge in [-0.05, 0) is 0 Å². The molecule has 9 heteroatoms. The Morgan fingerprint density at radius 1 is 1.36 bits per heavy atom. The first kappa shape index (κ1) is 19.3. The van der Waals surface area contributed by atoms with Crippen LogP contribution >= 0.6 is 8.17 Å². The Balaban J connectivity index is 2.49. The third-order valence-electron chi connectivity index (χ3n) is 2.90. The van der Waals surface area contributed by atoms with Crippen molar-refractivity contribution in [2.75, 3.05) is 13.2 Å². The first-order valence-corrected chi connectivity index (χ1v) is 8.80. The second kappa shape index (κ2) is 6.76. The minimum absolute atomic E-state index is 0.00360. The molecule has 0 aromatic carbocycles. The van der Waals surface area contributed by atoms with E-state index >= 15 is 0 Å². The summed E-state index contributed by atoms with van der Waals surface area (Å²) < 4.78 is 14.9. The summed E-state index contributed by atoms with van der Waals surface area (Å²) in [5.41, 5.74) is -1.29. The van der Waals surface area contributed by atoms with Crippen molar-refractivity contribution in [1.29, 1.82) is 0 Å². The van der Waals surface area contributed by atoms with Crippen molar-refractivity contribution in [3.05, 3.63) is 0 Å². The van der Waals surface area contributed by atoms with Gasteiger partial charge in [-0.3, -0.25) is 0 Å². The van der Waals surface area contributed by atoms with E-state index in [1.165, 1.54) is 0 Å². The maximum atomic E-state index is 12.1. The zero-order valence-corrected chi connectivity index (χ0v) is 14.6. The Bertz CT molecular complexity index is 431. The molecule has 3 N–H and O–H groups in total. The van der Waals surface area contributed by atoms with Crippen molar-refractivity contribution in [3.8, 4) is 0 Å². The van der Waals surface area contributed by atoms with Crippen molar-refractivity contribution in [2.45, 2.75) is 52.7 Å². The first-order valence-electron chi connectivity index (χ1n) is 7.08. The summed E-state index contributed by atoms with van der Waals surface area (Å²) >= 11 is 0. The third-order valence-corrected chi connectivity index (χ3v) is 3.96. The van der Waals surface area contributed by atoms with Crippen molar-refractivity contribution in [1.82, 2.24) is 5.32 Å². The van der Waals surface area contributed by atoms with Gasteiger partial charge in [-0.2, -0.15) is 0 Å². The van der Waals surface area contributed by atoms with Crippen LogP contribution in [0.15, 0.2) is 0 Å². The summed E-state index contributed by atoms with van der Waals surface area (Å²) in [5.74, 6) is -0.940. The molecule has 1 saturated heterocycles. The molecule has 0 aromatic rings. The third kappa shape index (κ3) is 6.14. The van der Waals surface area contributed by atoms with Gasteiger partial charge in [-0.1, -0.05) is 0 Å². The Morgan fingerprint density at radius 3 is 2.50 bits per heavy atom. The van der Waals surface area contributed by atoms with Gasteiger partial charge < -0.3 is 0 Å². The molecular weight excluding hydrogens is 313 g/mol. The Labute approximate surface area is 130 Å². The molecule has 0 saturated carbocycles. The minimum atomic E-state index is -4.25. The molecule has 0 unspecified atom stereocenters. The van der Waals surface area contributed by atoms with E-state index in [-0.39, 0.29) is 19.6 Å². The quantitative estimate of drug-likeness (QED) is 0.509. The van der Waals surface area contributed by atoms with Crippen LogP contribution in [0.1, 0.15) is 41.0 Å². The molecule has 8 nitrogen and oxygen atoms in total. The number of nitrogens with one attached hydrogen (secondary N) is 1. The van der Waals surface area contributed by atoms with Crippen LogP contribution in [-0.2, 0) is 23.4 Å². The van der Waals surface area contributed by atoms with Crippen LogP contribution in [0.2, 0.25) is 0 Å². The number of ether oxygens (including phenoxy) is 1. The second-order valence-corrected chi connectivity index (χ2v) is 8.57. The van der Waals surface area contributed by atoms with E-state index in [2.05, 4.69) is 5.32 Å². The van der Waals surface area contributed by atoms with Crippen LogP contribution < -0.4 is 5.32 Å². The van der Waals surface area contributed by atoms with Gasteiger partial charge in [0, 0.05) is 0 Å². The molecule has 0 radical (unpaired) electrons. The molecule has 1 amide bonds. The number of carbonyl (C=O) groups is 2. The number of esters is 1. The number of amides is 1. The predicted molar refractivity (Wildman–Crippen MR) is 80.8 cm³/mol. The summed E-state index contributed by atoms with van der Waals surface area (Å²) in [6, 6.07) is 0. The van der Waals surface area contributed by atoms with Crippen LogP contribution in [0.3, 0.4) is 0 Å². The average Bonchev–Trinajstić information content (AvgIpc) is 2.30.